The van der Waals surface area contributed by atoms with Gasteiger partial charge in [0.05, 0.1) is 42.3 Å². The molecular weight excluding hydrogens is 1400 g/mol. The van der Waals surface area contributed by atoms with E-state index in [0.717, 1.165) is 122 Å². The number of benzene rings is 12. The summed E-state index contributed by atoms with van der Waals surface area (Å²) in [4.78, 5) is 78.1. The highest BCUT2D eigenvalue weighted by molar-refractivity contribution is 8.08. The lowest BCUT2D eigenvalue weighted by atomic mass is 9.83. The molecule has 12 aromatic carbocycles. The van der Waals surface area contributed by atoms with Crippen molar-refractivity contribution in [2.75, 3.05) is 5.32 Å². The van der Waals surface area contributed by atoms with Gasteiger partial charge in [0, 0.05) is 116 Å². The summed E-state index contributed by atoms with van der Waals surface area (Å²) in [5.74, 6) is 0.815. The molecule has 4 amide bonds. The van der Waals surface area contributed by atoms with Crippen molar-refractivity contribution in [2.24, 2.45) is 0 Å². The highest BCUT2D eigenvalue weighted by Crippen LogP contribution is 2.60. The smallest absolute Gasteiger partial charge is 0.258 e. The highest BCUT2D eigenvalue weighted by atomic mass is 35.5. The monoisotopic (exact) mass is 1460 g/mol. The van der Waals surface area contributed by atoms with Crippen molar-refractivity contribution in [3.63, 3.8) is 0 Å². The Morgan fingerprint density at radius 3 is 1.25 bits per heavy atom. The molecule has 0 unspecified atom stereocenters. The number of aryl methyl sites for hydroxylation is 4. The summed E-state index contributed by atoms with van der Waals surface area (Å²) >= 11 is 29.2. The van der Waals surface area contributed by atoms with Gasteiger partial charge in [-0.05, 0) is 150 Å². The van der Waals surface area contributed by atoms with Gasteiger partial charge in [0.1, 0.15) is 16.5 Å². The summed E-state index contributed by atoms with van der Waals surface area (Å²) in [6.07, 6.45) is 0.591. The quantitative estimate of drug-likeness (QED) is 0.0652. The Morgan fingerprint density at radius 2 is 0.814 bits per heavy atom. The number of anilines is 2. The number of rotatable bonds is 2. The molecule has 0 saturated heterocycles. The van der Waals surface area contributed by atoms with E-state index in [1.165, 1.54) is 39.9 Å². The third kappa shape index (κ3) is 10.1. The molecule has 0 fully saturated rings. The Bertz CT molecular complexity index is 5680. The Kier molecular flexibility index (Phi) is 17.5. The Labute approximate surface area is 614 Å². The van der Waals surface area contributed by atoms with Crippen LogP contribution >= 0.6 is 69.9 Å². The fraction of sp³-hybridized carbons (Fsp3) is 0.157. The van der Waals surface area contributed by atoms with Crippen molar-refractivity contribution in [3.05, 3.63) is 231 Å². The van der Waals surface area contributed by atoms with E-state index in [2.05, 4.69) is 112 Å². The number of carbonyl (C=O) groups excluding carboxylic acids is 6. The number of ketones is 2. The molecule has 13 nitrogen and oxygen atoms in total. The van der Waals surface area contributed by atoms with Crippen molar-refractivity contribution in [1.29, 1.82) is 0 Å². The first-order chi connectivity index (χ1) is 49.5. The fourth-order valence-electron chi connectivity index (χ4n) is 15.1. The minimum absolute atomic E-state index is 0.131. The number of nitrogens with zero attached hydrogens (tertiary/aromatic N) is 2. The van der Waals surface area contributed by atoms with Crippen molar-refractivity contribution in [2.45, 2.75) is 98.5 Å². The van der Waals surface area contributed by atoms with Crippen LogP contribution in [0, 0.1) is 13.8 Å². The van der Waals surface area contributed by atoms with Crippen LogP contribution in [0.15, 0.2) is 165 Å². The molecule has 0 radical (unpaired) electrons. The number of ether oxygens (including phenoxy) is 2. The number of halogens is 4. The third-order valence-electron chi connectivity index (χ3n) is 19.2. The number of amides is 4. The van der Waals surface area contributed by atoms with Crippen LogP contribution in [0.4, 0.5) is 11.4 Å². The van der Waals surface area contributed by atoms with Gasteiger partial charge in [-0.1, -0.05) is 178 Å². The summed E-state index contributed by atoms with van der Waals surface area (Å²) in [6, 6.07) is 46.8. The van der Waals surface area contributed by atoms with E-state index in [0.29, 0.717) is 97.7 Å². The van der Waals surface area contributed by atoms with E-state index in [-0.39, 0.29) is 11.6 Å². The molecule has 6 aliphatic rings. The summed E-state index contributed by atoms with van der Waals surface area (Å²) in [5, 5.41) is 21.3. The molecule has 0 bridgehead atoms. The van der Waals surface area contributed by atoms with Crippen molar-refractivity contribution < 1.29 is 38.2 Å². The van der Waals surface area contributed by atoms with Crippen LogP contribution in [0.5, 0.6) is 23.0 Å². The van der Waals surface area contributed by atoms with Gasteiger partial charge in [0.25, 0.3) is 23.6 Å². The van der Waals surface area contributed by atoms with Gasteiger partial charge in [0.15, 0.2) is 17.2 Å². The average molecular weight is 1460 g/mol. The van der Waals surface area contributed by atoms with Gasteiger partial charge in [-0.25, -0.2) is 0 Å². The van der Waals surface area contributed by atoms with E-state index in [1.54, 1.807) is 36.4 Å². The zero-order valence-corrected chi connectivity index (χ0v) is 61.6. The number of allylic oxidation sites excluding steroid dienone is 2. The first kappa shape index (κ1) is 68.0. The standard InChI is InChI=1S/C35H25Cl2N3O2.C24H10N2O4.C18H10Cl2O2S2.3C2H6/c1-3-39-23-11-7-5-9-19(23)27-25(39)15-13-18-17-21-29(36)35-31(30(37)33(21)41-32(18)27)38-22-14-16-26-28(34(22)42-35)20-10-6-8-12-24(20)40(26)4-2;27-21-13-5-1-9-10-2-6-15-20-16(24(30)26-23(15)29)8-4-12(18(10)20)11-3-7-14(22(28)25-21)19(13)17(9)11;1-7-3-9(19)5-11-13(21)17(23-15(7)11)18-14(22)12-6-10(20)4-8(2)16(12)24-18;3*1-2/h5-16,38H,3-4,17H2,1-2H3;1-8H,(H,25,27,28)(H,26,29,30);3-6H,1-2H3;3*1-2H3/b;;18-17+;;;. The Balaban J connectivity index is 0.000000124. The second kappa shape index (κ2) is 26.2. The summed E-state index contributed by atoms with van der Waals surface area (Å²) in [7, 11) is 0. The molecule has 19 heteroatoms. The maximum atomic E-state index is 12.8. The number of imide groups is 2. The molecule has 0 atom stereocenters. The Morgan fingerprint density at radius 1 is 0.402 bits per heavy atom. The van der Waals surface area contributed by atoms with Crippen molar-refractivity contribution >= 4 is 203 Å². The van der Waals surface area contributed by atoms with Crippen molar-refractivity contribution in [1.82, 2.24) is 19.8 Å². The summed E-state index contributed by atoms with van der Waals surface area (Å²) in [6.45, 7) is 21.9. The number of carbonyl (C=O) groups is 6. The molecule has 0 spiro atoms. The highest BCUT2D eigenvalue weighted by Gasteiger charge is 2.39. The molecule has 3 N–H and O–H groups in total. The maximum Gasteiger partial charge on any atom is 0.258 e. The topological polar surface area (TPSA) is 167 Å². The van der Waals surface area contributed by atoms with Crippen LogP contribution < -0.4 is 25.4 Å². The van der Waals surface area contributed by atoms with Gasteiger partial charge in [0.2, 0.25) is 11.6 Å². The number of fused-ring (bicyclic) bond motifs is 16. The molecule has 0 saturated carbocycles. The lowest BCUT2D eigenvalue weighted by Gasteiger charge is -2.30. The zero-order valence-electron chi connectivity index (χ0n) is 57.0. The second-order valence-corrected chi connectivity index (χ2v) is 28.1. The molecule has 0 aliphatic carbocycles. The van der Waals surface area contributed by atoms with Crippen LogP contribution in [-0.2, 0) is 19.5 Å². The Hall–Kier alpha value is -9.84. The fourth-order valence-corrected chi connectivity index (χ4v) is 18.6. The van der Waals surface area contributed by atoms with Gasteiger partial charge >= 0.3 is 0 Å². The number of aromatic nitrogens is 2. The van der Waals surface area contributed by atoms with Gasteiger partial charge < -0.3 is 23.9 Å². The first-order valence-electron chi connectivity index (χ1n) is 33.9. The van der Waals surface area contributed by atoms with E-state index in [9.17, 15) is 28.8 Å². The van der Waals surface area contributed by atoms with E-state index in [1.807, 2.05) is 91.8 Å². The number of nitrogens with one attached hydrogen (secondary N) is 3. The van der Waals surface area contributed by atoms with E-state index in [4.69, 9.17) is 55.9 Å². The lowest BCUT2D eigenvalue weighted by Crippen LogP contribution is -2.35. The number of Topliss-reactive ketones (excluding diaryl/α,β-unsaturated/α-hetero) is 2. The van der Waals surface area contributed by atoms with E-state index < -0.39 is 23.6 Å². The van der Waals surface area contributed by atoms with E-state index >= 15 is 0 Å². The zero-order chi connectivity index (χ0) is 71.8. The molecule has 2 aromatic heterocycles. The van der Waals surface area contributed by atoms with Crippen LogP contribution in [0.1, 0.15) is 140 Å². The number of thioether (sulfide) groups is 2. The summed E-state index contributed by atoms with van der Waals surface area (Å²) < 4.78 is 18.1. The van der Waals surface area contributed by atoms with Gasteiger partial charge in [-0.2, -0.15) is 0 Å². The third-order valence-corrected chi connectivity index (χ3v) is 23.2. The number of para-hydroxylation sites is 2. The molecule has 508 valence electrons. The molecule has 8 heterocycles. The predicted molar refractivity (Wildman–Crippen MR) is 418 cm³/mol. The minimum Gasteiger partial charge on any atom is -0.454 e. The normalized spacial score (nSPS) is 14.7. The average Bonchev–Trinajstić information content (AvgIpc) is 1.01. The largest absolute Gasteiger partial charge is 0.454 e. The van der Waals surface area contributed by atoms with Gasteiger partial charge in [-0.3, -0.25) is 39.4 Å². The molecule has 102 heavy (non-hydrogen) atoms. The van der Waals surface area contributed by atoms with Crippen LogP contribution in [0.3, 0.4) is 0 Å². The number of hydrogen-bond donors (Lipinski definition) is 3. The lowest BCUT2D eigenvalue weighted by molar-refractivity contribution is 0.0828. The van der Waals surface area contributed by atoms with Crippen LogP contribution in [-0.4, -0.2) is 44.3 Å². The van der Waals surface area contributed by atoms with Gasteiger partial charge in [-0.15, -0.1) is 0 Å². The maximum absolute atomic E-state index is 12.8. The number of hydrogen-bond acceptors (Lipinski definition) is 11. The molecule has 14 aromatic rings. The predicted octanol–water partition coefficient (Wildman–Crippen LogP) is 23.5. The molecule has 20 rings (SSSR count). The minimum atomic E-state index is -0.408. The first-order valence-corrected chi connectivity index (χ1v) is 37.1. The summed E-state index contributed by atoms with van der Waals surface area (Å²) in [5.41, 5.74) is 12.9. The van der Waals surface area contributed by atoms with Crippen LogP contribution in [0.2, 0.25) is 20.1 Å². The second-order valence-electron chi connectivity index (χ2n) is 24.4. The molecule has 6 aliphatic heterocycles. The SMILES string of the molecule is CC.CC.CC.CCn1c2ccccc2c2c3c(ccc21)Cc1c(Cl)c2c(c(Cl)c1O3)Nc1ccc3c(c1O2)c1ccccc1n3CC.Cc1cc(Cl)cc2c1S/C(=C1/Sc3c(C)cc(Cl)cc3C1=O)C2=O.O=C1NC(=O)c2ccc3c4ccc5c6c(ccc(c7ccc1c2c73)c64)C(=O)NC5=O. The molecular formula is C83H63Cl4N5O8S2. The van der Waals surface area contributed by atoms with Crippen LogP contribution in [0.25, 0.3) is 86.7 Å². The van der Waals surface area contributed by atoms with Crippen molar-refractivity contribution in [3.8, 4) is 23.0 Å².